The van der Waals surface area contributed by atoms with Gasteiger partial charge in [0.2, 0.25) is 17.7 Å². The van der Waals surface area contributed by atoms with E-state index in [1.54, 1.807) is 43.3 Å². The molecule has 0 atom stereocenters. The topological polar surface area (TPSA) is 157 Å². The summed E-state index contributed by atoms with van der Waals surface area (Å²) in [6, 6.07) is 14.5. The Kier molecular flexibility index (Phi) is 6.78. The van der Waals surface area contributed by atoms with Gasteiger partial charge in [0.25, 0.3) is 5.91 Å². The zero-order valence-corrected chi connectivity index (χ0v) is 19.6. The molecule has 0 saturated carbocycles. The van der Waals surface area contributed by atoms with E-state index in [1.165, 1.54) is 24.4 Å². The number of primary amides is 1. The van der Waals surface area contributed by atoms with E-state index in [1.807, 2.05) is 0 Å². The molecule has 11 heteroatoms. The number of sulfone groups is 1. The number of hydrogen-bond donors (Lipinski definition) is 3. The third-order valence-corrected chi connectivity index (χ3v) is 7.00. The monoisotopic (exact) mass is 493 g/mol. The third kappa shape index (κ3) is 5.64. The number of rotatable bonds is 9. The average Bonchev–Trinajstić information content (AvgIpc) is 3.22. The Morgan fingerprint density at radius 1 is 1.11 bits per heavy atom. The number of amides is 2. The summed E-state index contributed by atoms with van der Waals surface area (Å²) < 4.78 is 30.2. The molecule has 0 bridgehead atoms. The van der Waals surface area contributed by atoms with E-state index < -0.39 is 15.7 Å². The fourth-order valence-electron chi connectivity index (χ4n) is 3.43. The molecule has 0 saturated heterocycles. The van der Waals surface area contributed by atoms with Crippen molar-refractivity contribution >= 4 is 38.6 Å². The molecule has 35 heavy (non-hydrogen) atoms. The van der Waals surface area contributed by atoms with Crippen LogP contribution in [0, 0.1) is 0 Å². The van der Waals surface area contributed by atoms with Crippen LogP contribution in [0.15, 0.2) is 65.7 Å². The van der Waals surface area contributed by atoms with E-state index in [9.17, 15) is 18.0 Å². The average molecular weight is 494 g/mol. The number of carbonyl (C=O) groups excluding carboxylic acids is 2. The first-order valence-corrected chi connectivity index (χ1v) is 12.4. The van der Waals surface area contributed by atoms with Crippen LogP contribution in [0.25, 0.3) is 11.0 Å². The molecule has 2 aromatic carbocycles. The summed E-state index contributed by atoms with van der Waals surface area (Å²) in [4.78, 5) is 35.5. The highest BCUT2D eigenvalue weighted by molar-refractivity contribution is 7.91. The lowest BCUT2D eigenvalue weighted by Gasteiger charge is -2.08. The highest BCUT2D eigenvalue weighted by Crippen LogP contribution is 2.24. The first-order valence-electron chi connectivity index (χ1n) is 10.8. The van der Waals surface area contributed by atoms with Gasteiger partial charge in [0.05, 0.1) is 28.1 Å². The molecule has 0 aliphatic carbocycles. The van der Waals surface area contributed by atoms with Crippen molar-refractivity contribution in [1.29, 1.82) is 0 Å². The molecule has 4 N–H and O–H groups in total. The molecule has 0 spiro atoms. The van der Waals surface area contributed by atoms with Crippen molar-refractivity contribution in [2.24, 2.45) is 5.73 Å². The third-order valence-electron chi connectivity index (χ3n) is 5.08. The number of H-pyrrole nitrogens is 1. The number of aromatic amines is 1. The van der Waals surface area contributed by atoms with Crippen LogP contribution >= 0.6 is 0 Å². The van der Waals surface area contributed by atoms with Crippen LogP contribution < -0.4 is 15.8 Å². The Morgan fingerprint density at radius 3 is 2.60 bits per heavy atom. The van der Waals surface area contributed by atoms with Crippen molar-refractivity contribution in [2.45, 2.75) is 24.7 Å². The molecule has 2 amide bonds. The van der Waals surface area contributed by atoms with Crippen LogP contribution in [-0.4, -0.2) is 40.9 Å². The van der Waals surface area contributed by atoms with Crippen LogP contribution in [0.4, 0.5) is 5.95 Å². The van der Waals surface area contributed by atoms with Crippen molar-refractivity contribution in [3.63, 3.8) is 0 Å². The summed E-state index contributed by atoms with van der Waals surface area (Å²) in [5.74, 6) is -0.139. The molecular weight excluding hydrogens is 470 g/mol. The summed E-state index contributed by atoms with van der Waals surface area (Å²) in [6.45, 7) is 1.80. The number of nitrogens with zero attached hydrogens (tertiary/aromatic N) is 2. The Hall–Kier alpha value is -4.25. The number of fused-ring (bicyclic) bond motifs is 1. The van der Waals surface area contributed by atoms with Gasteiger partial charge in [-0.2, -0.15) is 0 Å². The maximum absolute atomic E-state index is 12.5. The fourth-order valence-corrected chi connectivity index (χ4v) is 4.77. The van der Waals surface area contributed by atoms with E-state index in [-0.39, 0.29) is 40.4 Å². The van der Waals surface area contributed by atoms with Gasteiger partial charge >= 0.3 is 0 Å². The zero-order chi connectivity index (χ0) is 25.0. The smallest absolute Gasteiger partial charge is 0.254 e. The summed E-state index contributed by atoms with van der Waals surface area (Å²) in [7, 11) is -3.36. The molecule has 2 aromatic heterocycles. The van der Waals surface area contributed by atoms with Gasteiger partial charge in [-0.25, -0.2) is 18.4 Å². The lowest BCUT2D eigenvalue weighted by Crippen LogP contribution is -2.15. The van der Waals surface area contributed by atoms with Gasteiger partial charge in [-0.05, 0) is 54.4 Å². The lowest BCUT2D eigenvalue weighted by molar-refractivity contribution is -0.115. The number of nitrogens with two attached hydrogens (primary N) is 1. The maximum atomic E-state index is 12.5. The molecule has 0 radical (unpaired) electrons. The van der Waals surface area contributed by atoms with Gasteiger partial charge in [-0.3, -0.25) is 14.9 Å². The predicted octanol–water partition coefficient (Wildman–Crippen LogP) is 3.21. The Labute approximate surface area is 201 Å². The van der Waals surface area contributed by atoms with Gasteiger partial charge in [0, 0.05) is 6.20 Å². The largest absolute Gasteiger partial charge is 0.438 e. The fraction of sp³-hybridized carbons (Fsp3) is 0.167. The maximum Gasteiger partial charge on any atom is 0.254 e. The van der Waals surface area contributed by atoms with Crippen molar-refractivity contribution in [1.82, 2.24) is 15.0 Å². The summed E-state index contributed by atoms with van der Waals surface area (Å²) >= 11 is 0. The van der Waals surface area contributed by atoms with Crippen LogP contribution in [0.5, 0.6) is 11.6 Å². The SMILES string of the molecule is CCCS(=O)(=O)c1ccc2[nH]c(NC(=O)Cc3ccc(Oc4ncccc4C(N)=O)cc3)nc2c1. The molecule has 10 nitrogen and oxygen atoms in total. The summed E-state index contributed by atoms with van der Waals surface area (Å²) in [5, 5.41) is 2.69. The molecule has 0 fully saturated rings. The van der Waals surface area contributed by atoms with E-state index in [0.717, 1.165) is 5.56 Å². The van der Waals surface area contributed by atoms with Crippen molar-refractivity contribution < 1.29 is 22.7 Å². The van der Waals surface area contributed by atoms with E-state index in [2.05, 4.69) is 20.3 Å². The predicted molar refractivity (Wildman–Crippen MR) is 130 cm³/mol. The first kappa shape index (κ1) is 23.9. The van der Waals surface area contributed by atoms with E-state index in [0.29, 0.717) is 23.2 Å². The summed E-state index contributed by atoms with van der Waals surface area (Å²) in [5.41, 5.74) is 7.28. The number of anilines is 1. The van der Waals surface area contributed by atoms with Gasteiger partial charge < -0.3 is 15.5 Å². The highest BCUT2D eigenvalue weighted by Gasteiger charge is 2.16. The number of aromatic nitrogens is 3. The summed E-state index contributed by atoms with van der Waals surface area (Å²) in [6.07, 6.45) is 2.08. The van der Waals surface area contributed by atoms with Crippen LogP contribution in [0.2, 0.25) is 0 Å². The molecule has 2 heterocycles. The van der Waals surface area contributed by atoms with E-state index >= 15 is 0 Å². The molecule has 0 aliphatic rings. The minimum absolute atomic E-state index is 0.0600. The second-order valence-corrected chi connectivity index (χ2v) is 9.88. The van der Waals surface area contributed by atoms with Gasteiger partial charge in [0.1, 0.15) is 11.3 Å². The van der Waals surface area contributed by atoms with Crippen LogP contribution in [-0.2, 0) is 21.1 Å². The zero-order valence-electron chi connectivity index (χ0n) is 18.8. The normalized spacial score (nSPS) is 11.3. The number of pyridine rings is 1. The number of imidazole rings is 1. The van der Waals surface area contributed by atoms with Gasteiger partial charge in [0.15, 0.2) is 9.84 Å². The van der Waals surface area contributed by atoms with Crippen LogP contribution in [0.1, 0.15) is 29.3 Å². The number of hydrogen-bond acceptors (Lipinski definition) is 7. The molecule has 4 rings (SSSR count). The Balaban J connectivity index is 1.41. The van der Waals surface area contributed by atoms with E-state index in [4.69, 9.17) is 10.5 Å². The van der Waals surface area contributed by atoms with Crippen molar-refractivity contribution in [3.05, 3.63) is 71.9 Å². The number of carbonyl (C=O) groups is 2. The van der Waals surface area contributed by atoms with Crippen molar-refractivity contribution in [2.75, 3.05) is 11.1 Å². The van der Waals surface area contributed by atoms with Crippen LogP contribution in [0.3, 0.4) is 0 Å². The van der Waals surface area contributed by atoms with Gasteiger partial charge in [-0.15, -0.1) is 0 Å². The minimum atomic E-state index is -3.36. The highest BCUT2D eigenvalue weighted by atomic mass is 32.2. The molecular formula is C24H23N5O5S. The standard InChI is InChI=1S/C24H23N5O5S/c1-2-12-35(32,33)17-9-10-19-20(14-17)28-24(27-19)29-21(30)13-15-5-7-16(8-6-15)34-23-18(22(25)31)4-3-11-26-23/h3-11,14H,2,12-13H2,1H3,(H2,25,31)(H2,27,28,29,30). The number of ether oxygens (including phenoxy) is 1. The lowest BCUT2D eigenvalue weighted by atomic mass is 10.1. The second kappa shape index (κ2) is 9.94. The molecule has 4 aromatic rings. The Morgan fingerprint density at radius 2 is 1.89 bits per heavy atom. The Bertz CT molecular complexity index is 1500. The second-order valence-electron chi connectivity index (χ2n) is 7.77. The molecule has 0 unspecified atom stereocenters. The minimum Gasteiger partial charge on any atom is -0.438 e. The number of nitrogens with one attached hydrogen (secondary N) is 2. The molecule has 0 aliphatic heterocycles. The van der Waals surface area contributed by atoms with Crippen molar-refractivity contribution in [3.8, 4) is 11.6 Å². The first-order chi connectivity index (χ1) is 16.7. The quantitative estimate of drug-likeness (QED) is 0.323. The molecule has 180 valence electrons. The number of benzene rings is 2. The van der Waals surface area contributed by atoms with Gasteiger partial charge in [-0.1, -0.05) is 19.1 Å².